The van der Waals surface area contributed by atoms with E-state index in [4.69, 9.17) is 14.2 Å². The van der Waals surface area contributed by atoms with E-state index in [0.29, 0.717) is 19.3 Å². The van der Waals surface area contributed by atoms with E-state index in [0.717, 1.165) is 69.6 Å². The Labute approximate surface area is 361 Å². The van der Waals surface area contributed by atoms with Gasteiger partial charge in [0.25, 0.3) is 0 Å². The molecule has 0 aliphatic carbocycles. The highest BCUT2D eigenvalue weighted by Crippen LogP contribution is 2.18. The molecule has 344 valence electrons. The maximum Gasteiger partial charge on any atom is 0.306 e. The minimum absolute atomic E-state index is 0.0648. The van der Waals surface area contributed by atoms with Gasteiger partial charge in [0.05, 0.1) is 0 Å². The van der Waals surface area contributed by atoms with E-state index in [1.807, 2.05) is 0 Å². The number of carbonyl (C=O) groups is 3. The van der Waals surface area contributed by atoms with Crippen LogP contribution >= 0.6 is 0 Å². The molecular formula is C52H100O6. The smallest absolute Gasteiger partial charge is 0.306 e. The molecule has 0 aromatic carbocycles. The van der Waals surface area contributed by atoms with Crippen molar-refractivity contribution >= 4 is 17.9 Å². The molecule has 0 bridgehead atoms. The predicted molar refractivity (Wildman–Crippen MR) is 247 cm³/mol. The van der Waals surface area contributed by atoms with Crippen LogP contribution in [0, 0.1) is 11.8 Å². The Kier molecular flexibility index (Phi) is 43.7. The van der Waals surface area contributed by atoms with Crippen LogP contribution < -0.4 is 0 Å². The van der Waals surface area contributed by atoms with Gasteiger partial charge < -0.3 is 14.2 Å². The summed E-state index contributed by atoms with van der Waals surface area (Å²) in [6, 6.07) is 0. The number of rotatable bonds is 46. The number of hydrogen-bond acceptors (Lipinski definition) is 6. The van der Waals surface area contributed by atoms with Gasteiger partial charge in [-0.3, -0.25) is 14.4 Å². The van der Waals surface area contributed by atoms with Gasteiger partial charge >= 0.3 is 17.9 Å². The third-order valence-corrected chi connectivity index (χ3v) is 12.1. The second-order valence-electron chi connectivity index (χ2n) is 18.5. The van der Waals surface area contributed by atoms with Crippen LogP contribution in [0.5, 0.6) is 0 Å². The van der Waals surface area contributed by atoms with Crippen molar-refractivity contribution in [1.29, 1.82) is 0 Å². The van der Waals surface area contributed by atoms with Gasteiger partial charge in [-0.1, -0.05) is 247 Å². The molecule has 0 fully saturated rings. The molecule has 6 nitrogen and oxygen atoms in total. The summed E-state index contributed by atoms with van der Waals surface area (Å²) in [6.07, 6.45) is 45.4. The van der Waals surface area contributed by atoms with E-state index in [1.54, 1.807) is 0 Å². The molecule has 0 aliphatic rings. The van der Waals surface area contributed by atoms with Gasteiger partial charge in [0, 0.05) is 19.3 Å². The van der Waals surface area contributed by atoms with Crippen LogP contribution in [-0.2, 0) is 28.6 Å². The van der Waals surface area contributed by atoms with Gasteiger partial charge in [-0.05, 0) is 31.1 Å². The average molecular weight is 821 g/mol. The number of esters is 3. The number of unbranched alkanes of at least 4 members (excludes halogenated alkanes) is 30. The lowest BCUT2D eigenvalue weighted by Crippen LogP contribution is -2.30. The predicted octanol–water partition coefficient (Wildman–Crippen LogP) is 16.5. The third-order valence-electron chi connectivity index (χ3n) is 12.1. The van der Waals surface area contributed by atoms with E-state index in [9.17, 15) is 14.4 Å². The molecule has 0 aromatic heterocycles. The van der Waals surface area contributed by atoms with Gasteiger partial charge in [-0.2, -0.15) is 0 Å². The van der Waals surface area contributed by atoms with Crippen LogP contribution in [0.1, 0.15) is 285 Å². The Morgan fingerprint density at radius 1 is 0.362 bits per heavy atom. The first kappa shape index (κ1) is 56.4. The van der Waals surface area contributed by atoms with Crippen molar-refractivity contribution in [3.63, 3.8) is 0 Å². The van der Waals surface area contributed by atoms with E-state index in [1.165, 1.54) is 173 Å². The fourth-order valence-corrected chi connectivity index (χ4v) is 7.78. The molecule has 0 heterocycles. The lowest BCUT2D eigenvalue weighted by atomic mass is 9.99. The zero-order valence-electron chi connectivity index (χ0n) is 39.7. The van der Waals surface area contributed by atoms with Crippen molar-refractivity contribution < 1.29 is 28.6 Å². The highest BCUT2D eigenvalue weighted by Gasteiger charge is 2.19. The van der Waals surface area contributed by atoms with Crippen molar-refractivity contribution in [2.45, 2.75) is 291 Å². The maximum atomic E-state index is 12.7. The molecule has 58 heavy (non-hydrogen) atoms. The molecular weight excluding hydrogens is 721 g/mol. The zero-order valence-corrected chi connectivity index (χ0v) is 39.7. The Bertz CT molecular complexity index is 887. The normalized spacial score (nSPS) is 12.5. The molecule has 0 spiro atoms. The van der Waals surface area contributed by atoms with Crippen molar-refractivity contribution in [3.05, 3.63) is 0 Å². The Hall–Kier alpha value is -1.59. The lowest BCUT2D eigenvalue weighted by molar-refractivity contribution is -0.167. The molecule has 0 aromatic rings. The van der Waals surface area contributed by atoms with Crippen molar-refractivity contribution in [2.24, 2.45) is 11.8 Å². The summed E-state index contributed by atoms with van der Waals surface area (Å²) in [5.41, 5.74) is 0. The summed E-state index contributed by atoms with van der Waals surface area (Å²) >= 11 is 0. The molecule has 2 atom stereocenters. The number of ether oxygens (including phenoxy) is 3. The van der Waals surface area contributed by atoms with Crippen LogP contribution in [0.3, 0.4) is 0 Å². The molecule has 0 rings (SSSR count). The summed E-state index contributed by atoms with van der Waals surface area (Å²) in [5.74, 6) is 0.816. The van der Waals surface area contributed by atoms with E-state index < -0.39 is 6.10 Å². The zero-order chi connectivity index (χ0) is 42.6. The molecule has 0 radical (unpaired) electrons. The molecule has 1 unspecified atom stereocenters. The SMILES string of the molecule is CCCCCCCCCCCC(=O)O[C@H](COC(=O)CCCCCCCCCCCCCCCCCCCCC(C)CC)COC(=O)CCCCCCCCC(C)C. The minimum Gasteiger partial charge on any atom is -0.462 e. The molecule has 0 amide bonds. The highest BCUT2D eigenvalue weighted by molar-refractivity contribution is 5.71. The fourth-order valence-electron chi connectivity index (χ4n) is 7.78. The quantitative estimate of drug-likeness (QED) is 0.0346. The maximum absolute atomic E-state index is 12.7. The largest absolute Gasteiger partial charge is 0.462 e. The second kappa shape index (κ2) is 44.9. The Balaban J connectivity index is 4.11. The summed E-state index contributed by atoms with van der Waals surface area (Å²) in [6.45, 7) is 11.3. The molecule has 0 saturated carbocycles. The van der Waals surface area contributed by atoms with Crippen LogP contribution in [0.4, 0.5) is 0 Å². The van der Waals surface area contributed by atoms with Crippen LogP contribution in [0.15, 0.2) is 0 Å². The van der Waals surface area contributed by atoms with Crippen molar-refractivity contribution in [2.75, 3.05) is 13.2 Å². The molecule has 0 aliphatic heterocycles. The fraction of sp³-hybridized carbons (Fsp3) is 0.942. The summed E-state index contributed by atoms with van der Waals surface area (Å²) in [5, 5.41) is 0. The topological polar surface area (TPSA) is 78.9 Å². The van der Waals surface area contributed by atoms with E-state index in [2.05, 4.69) is 34.6 Å². The first-order valence-electron chi connectivity index (χ1n) is 25.8. The third kappa shape index (κ3) is 44.0. The minimum atomic E-state index is -0.760. The van der Waals surface area contributed by atoms with Gasteiger partial charge in [-0.15, -0.1) is 0 Å². The first-order valence-corrected chi connectivity index (χ1v) is 25.8. The summed E-state index contributed by atoms with van der Waals surface area (Å²) in [7, 11) is 0. The first-order chi connectivity index (χ1) is 28.3. The summed E-state index contributed by atoms with van der Waals surface area (Å²) in [4.78, 5) is 37.7. The number of hydrogen-bond donors (Lipinski definition) is 0. The van der Waals surface area contributed by atoms with Gasteiger partial charge in [-0.25, -0.2) is 0 Å². The van der Waals surface area contributed by atoms with Gasteiger partial charge in [0.15, 0.2) is 6.10 Å². The average Bonchev–Trinajstić information content (AvgIpc) is 3.21. The Morgan fingerprint density at radius 2 is 0.655 bits per heavy atom. The van der Waals surface area contributed by atoms with Crippen molar-refractivity contribution in [3.8, 4) is 0 Å². The summed E-state index contributed by atoms with van der Waals surface area (Å²) < 4.78 is 16.7. The van der Waals surface area contributed by atoms with Gasteiger partial charge in [0.2, 0.25) is 0 Å². The molecule has 0 saturated heterocycles. The second-order valence-corrected chi connectivity index (χ2v) is 18.5. The lowest BCUT2D eigenvalue weighted by Gasteiger charge is -2.18. The molecule has 6 heteroatoms. The van der Waals surface area contributed by atoms with Crippen LogP contribution in [0.25, 0.3) is 0 Å². The van der Waals surface area contributed by atoms with Gasteiger partial charge in [0.1, 0.15) is 13.2 Å². The highest BCUT2D eigenvalue weighted by atomic mass is 16.6. The van der Waals surface area contributed by atoms with E-state index in [-0.39, 0.29) is 31.1 Å². The van der Waals surface area contributed by atoms with E-state index >= 15 is 0 Å². The number of carbonyl (C=O) groups excluding carboxylic acids is 3. The monoisotopic (exact) mass is 821 g/mol. The van der Waals surface area contributed by atoms with Crippen molar-refractivity contribution in [1.82, 2.24) is 0 Å². The van der Waals surface area contributed by atoms with Crippen LogP contribution in [0.2, 0.25) is 0 Å². The molecule has 0 N–H and O–H groups in total. The Morgan fingerprint density at radius 3 is 0.983 bits per heavy atom. The standard InChI is InChI=1S/C52H100O6/c1-6-8-9-10-11-22-27-34-39-44-52(55)58-49(46-57-51(54)43-38-33-29-28-30-35-40-47(3)4)45-56-50(53)42-37-32-26-24-21-19-17-15-13-12-14-16-18-20-23-25-31-36-41-48(5)7-2/h47-49H,6-46H2,1-5H3/t48?,49-/m1/s1. The van der Waals surface area contributed by atoms with Crippen LogP contribution in [-0.4, -0.2) is 37.2 Å².